The minimum Gasteiger partial charge on any atom is -0.466 e. The summed E-state index contributed by atoms with van der Waals surface area (Å²) in [4.78, 5) is 39.5. The van der Waals surface area contributed by atoms with Crippen LogP contribution in [0.15, 0.2) is 0 Å². The van der Waals surface area contributed by atoms with E-state index < -0.39 is 21.6 Å². The highest BCUT2D eigenvalue weighted by molar-refractivity contribution is 9.10. The Morgan fingerprint density at radius 3 is 2.07 bits per heavy atom. The van der Waals surface area contributed by atoms with Crippen LogP contribution in [0, 0.1) is 11.3 Å². The number of likely N-dealkylation sites (N-methyl/N-ethyl adjacent to an activating group) is 1. The van der Waals surface area contributed by atoms with E-state index in [1.54, 1.807) is 27.7 Å². The molecular formula is C20H37BrN2O5. The number of alkyl halides is 1. The van der Waals surface area contributed by atoms with Gasteiger partial charge in [-0.25, -0.2) is 0 Å². The minimum absolute atomic E-state index is 0.0469. The Hall–Kier alpha value is -1.15. The number of hydrogen-bond donors (Lipinski definition) is 1. The van der Waals surface area contributed by atoms with Crippen LogP contribution >= 0.6 is 15.9 Å². The monoisotopic (exact) mass is 464 g/mol. The first kappa shape index (κ1) is 26.9. The van der Waals surface area contributed by atoms with Crippen LogP contribution in [0.3, 0.4) is 0 Å². The summed E-state index contributed by atoms with van der Waals surface area (Å²) >= 11 is 3.44. The number of nitrogens with zero attached hydrogens (tertiary/aromatic N) is 1. The van der Waals surface area contributed by atoms with E-state index in [-0.39, 0.29) is 44.0 Å². The third-order valence-electron chi connectivity index (χ3n) is 4.21. The highest BCUT2D eigenvalue weighted by Crippen LogP contribution is 2.35. The Bertz CT molecular complexity index is 533. The molecule has 0 rings (SSSR count). The fourth-order valence-corrected chi connectivity index (χ4v) is 3.21. The van der Waals surface area contributed by atoms with Crippen molar-refractivity contribution >= 4 is 33.8 Å². The van der Waals surface area contributed by atoms with Gasteiger partial charge in [0.2, 0.25) is 5.91 Å². The van der Waals surface area contributed by atoms with Gasteiger partial charge in [-0.1, -0.05) is 15.9 Å². The minimum atomic E-state index is -1.04. The van der Waals surface area contributed by atoms with Crippen LogP contribution in [0.1, 0.15) is 54.4 Å². The molecular weight excluding hydrogens is 428 g/mol. The Morgan fingerprint density at radius 2 is 1.61 bits per heavy atom. The molecule has 7 nitrogen and oxygen atoms in total. The fraction of sp³-hybridized carbons (Fsp3) is 0.850. The zero-order valence-corrected chi connectivity index (χ0v) is 20.1. The van der Waals surface area contributed by atoms with E-state index in [1.165, 1.54) is 0 Å². The van der Waals surface area contributed by atoms with Crippen molar-refractivity contribution < 1.29 is 23.9 Å². The Kier molecular flexibility index (Phi) is 11.3. The number of esters is 2. The van der Waals surface area contributed by atoms with Crippen molar-refractivity contribution in [1.82, 2.24) is 10.2 Å². The van der Waals surface area contributed by atoms with E-state index in [2.05, 4.69) is 21.2 Å². The van der Waals surface area contributed by atoms with Gasteiger partial charge in [0.05, 0.1) is 12.0 Å². The van der Waals surface area contributed by atoms with Gasteiger partial charge in [0.25, 0.3) is 0 Å². The van der Waals surface area contributed by atoms with Crippen LogP contribution in [-0.4, -0.2) is 67.0 Å². The summed E-state index contributed by atoms with van der Waals surface area (Å²) in [5.41, 5.74) is -0.854. The summed E-state index contributed by atoms with van der Waals surface area (Å²) in [7, 11) is 3.79. The van der Waals surface area contributed by atoms with E-state index in [4.69, 9.17) is 9.47 Å². The second-order valence-corrected chi connectivity index (χ2v) is 10.3. The van der Waals surface area contributed by atoms with E-state index in [9.17, 15) is 14.4 Å². The highest BCUT2D eigenvalue weighted by Gasteiger charge is 2.41. The van der Waals surface area contributed by atoms with E-state index in [0.29, 0.717) is 6.54 Å². The molecule has 2 unspecified atom stereocenters. The number of hydrogen-bond acceptors (Lipinski definition) is 6. The largest absolute Gasteiger partial charge is 0.466 e. The molecule has 0 spiro atoms. The number of ether oxygens (including phenoxy) is 2. The van der Waals surface area contributed by atoms with Crippen LogP contribution in [0.25, 0.3) is 0 Å². The van der Waals surface area contributed by atoms with Gasteiger partial charge in [-0.05, 0) is 68.5 Å². The summed E-state index contributed by atoms with van der Waals surface area (Å²) in [6, 6.07) is -0.0469. The van der Waals surface area contributed by atoms with Gasteiger partial charge in [-0.15, -0.1) is 0 Å². The molecule has 1 amide bonds. The molecule has 8 heteroatoms. The average molecular weight is 465 g/mol. The Morgan fingerprint density at radius 1 is 1.04 bits per heavy atom. The number of amides is 1. The van der Waals surface area contributed by atoms with Gasteiger partial charge < -0.3 is 19.7 Å². The molecule has 0 aliphatic carbocycles. The van der Waals surface area contributed by atoms with Crippen molar-refractivity contribution in [2.45, 2.75) is 64.8 Å². The van der Waals surface area contributed by atoms with Crippen molar-refractivity contribution in [1.29, 1.82) is 0 Å². The average Bonchev–Trinajstić information content (AvgIpc) is 2.52. The summed E-state index contributed by atoms with van der Waals surface area (Å²) in [5, 5.41) is 2.89. The smallest absolute Gasteiger partial charge is 0.322 e. The molecule has 0 aliphatic rings. The lowest BCUT2D eigenvalue weighted by Gasteiger charge is -2.31. The molecule has 0 fully saturated rings. The summed E-state index contributed by atoms with van der Waals surface area (Å²) in [5.74, 6) is -1.54. The summed E-state index contributed by atoms with van der Waals surface area (Å²) < 4.78 is 9.45. The quantitative estimate of drug-likeness (QED) is 0.353. The molecule has 0 aromatic heterocycles. The molecule has 0 heterocycles. The molecule has 0 aliphatic heterocycles. The van der Waals surface area contributed by atoms with Crippen molar-refractivity contribution in [3.05, 3.63) is 0 Å². The van der Waals surface area contributed by atoms with Crippen LogP contribution in [0.4, 0.5) is 0 Å². The van der Waals surface area contributed by atoms with Gasteiger partial charge in [-0.2, -0.15) is 0 Å². The predicted octanol–water partition coefficient (Wildman–Crippen LogP) is 2.76. The van der Waals surface area contributed by atoms with E-state index in [0.717, 1.165) is 0 Å². The molecule has 0 bridgehead atoms. The zero-order valence-electron chi connectivity index (χ0n) is 18.6. The highest BCUT2D eigenvalue weighted by atomic mass is 79.9. The van der Waals surface area contributed by atoms with Gasteiger partial charge in [0.15, 0.2) is 0 Å². The number of rotatable bonds is 12. The Labute approximate surface area is 178 Å². The molecule has 0 aromatic rings. The van der Waals surface area contributed by atoms with Crippen molar-refractivity contribution in [3.63, 3.8) is 0 Å². The lowest BCUT2D eigenvalue weighted by Crippen LogP contribution is -2.43. The number of carbonyl (C=O) groups excluding carboxylic acids is 3. The fourth-order valence-electron chi connectivity index (χ4n) is 2.70. The number of carbonyl (C=O) groups is 3. The van der Waals surface area contributed by atoms with Gasteiger partial charge in [0.1, 0.15) is 10.9 Å². The Balaban J connectivity index is 5.32. The molecule has 0 radical (unpaired) electrons. The third-order valence-corrected chi connectivity index (χ3v) is 4.86. The molecule has 28 heavy (non-hydrogen) atoms. The van der Waals surface area contributed by atoms with Crippen molar-refractivity contribution in [2.24, 2.45) is 11.3 Å². The maximum Gasteiger partial charge on any atom is 0.322 e. The van der Waals surface area contributed by atoms with Crippen LogP contribution < -0.4 is 5.32 Å². The zero-order chi connectivity index (χ0) is 22.1. The lowest BCUT2D eigenvalue weighted by molar-refractivity contribution is -0.155. The van der Waals surface area contributed by atoms with Crippen molar-refractivity contribution in [2.75, 3.05) is 33.9 Å². The lowest BCUT2D eigenvalue weighted by atomic mass is 9.79. The first-order valence-corrected chi connectivity index (χ1v) is 10.5. The first-order valence-electron chi connectivity index (χ1n) is 9.71. The normalized spacial score (nSPS) is 15.1. The maximum absolute atomic E-state index is 12.8. The van der Waals surface area contributed by atoms with Crippen molar-refractivity contribution in [3.8, 4) is 0 Å². The van der Waals surface area contributed by atoms with Crippen LogP contribution in [-0.2, 0) is 23.9 Å². The summed E-state index contributed by atoms with van der Waals surface area (Å²) in [6.07, 6.45) is 0.464. The van der Waals surface area contributed by atoms with Gasteiger partial charge in [0, 0.05) is 18.5 Å². The number of halogens is 1. The maximum atomic E-state index is 12.8. The topological polar surface area (TPSA) is 84.9 Å². The van der Waals surface area contributed by atoms with E-state index >= 15 is 0 Å². The van der Waals surface area contributed by atoms with Gasteiger partial charge in [-0.3, -0.25) is 14.4 Å². The van der Waals surface area contributed by atoms with E-state index in [1.807, 2.05) is 32.8 Å². The second-order valence-electron chi connectivity index (χ2n) is 8.51. The molecule has 2 atom stereocenters. The van der Waals surface area contributed by atoms with Gasteiger partial charge >= 0.3 is 11.9 Å². The second kappa shape index (κ2) is 11.8. The first-order chi connectivity index (χ1) is 12.7. The molecule has 164 valence electrons. The van der Waals surface area contributed by atoms with Crippen LogP contribution in [0.5, 0.6) is 0 Å². The molecule has 0 aromatic carbocycles. The standard InChI is InChI=1S/C20H37BrN2O5/c1-9-27-17(25)19(4,5)12-15(16(24)22-14(2)3)13-20(6,21)18(26)28-11-10-23(7)8/h14-15H,9-13H2,1-8H3,(H,22,24). The number of nitrogens with one attached hydrogen (secondary N) is 1. The molecule has 1 N–H and O–H groups in total. The summed E-state index contributed by atoms with van der Waals surface area (Å²) in [6.45, 7) is 11.8. The van der Waals surface area contributed by atoms with Crippen LogP contribution in [0.2, 0.25) is 0 Å². The third kappa shape index (κ3) is 9.87. The SMILES string of the molecule is CCOC(=O)C(C)(C)CC(CC(C)(Br)C(=O)OCCN(C)C)C(=O)NC(C)C. The molecule has 0 saturated heterocycles. The predicted molar refractivity (Wildman–Crippen MR) is 113 cm³/mol. The molecule has 0 saturated carbocycles.